The summed E-state index contributed by atoms with van der Waals surface area (Å²) in [7, 11) is -3.41. The van der Waals surface area contributed by atoms with Gasteiger partial charge in [0, 0.05) is 13.1 Å². The summed E-state index contributed by atoms with van der Waals surface area (Å²) >= 11 is 0. The van der Waals surface area contributed by atoms with Crippen LogP contribution in [0.15, 0.2) is 0 Å². The zero-order valence-electron chi connectivity index (χ0n) is 8.95. The van der Waals surface area contributed by atoms with Gasteiger partial charge in [0.25, 0.3) is 0 Å². The molecule has 0 heterocycles. The standard InChI is InChI=1S/C8H19N3O3S/c1-2-3-5-10-8(12)11-6-4-7-15(9,13)14/h2-7H2,1H3,(H2,9,13,14)(H2,10,11,12). The molecule has 0 rings (SSSR count). The number of nitrogens with two attached hydrogens (primary N) is 1. The van der Waals surface area contributed by atoms with E-state index in [9.17, 15) is 13.2 Å². The molecule has 0 bridgehead atoms. The lowest BCUT2D eigenvalue weighted by Gasteiger charge is -2.06. The van der Waals surface area contributed by atoms with Crippen LogP contribution in [0.25, 0.3) is 0 Å². The largest absolute Gasteiger partial charge is 0.338 e. The third-order valence-corrected chi connectivity index (χ3v) is 2.56. The third kappa shape index (κ3) is 11.1. The first kappa shape index (κ1) is 14.2. The van der Waals surface area contributed by atoms with Crippen molar-refractivity contribution >= 4 is 16.1 Å². The lowest BCUT2D eigenvalue weighted by molar-refractivity contribution is 0.241. The number of primary sulfonamides is 1. The van der Waals surface area contributed by atoms with Gasteiger partial charge in [0.2, 0.25) is 10.0 Å². The lowest BCUT2D eigenvalue weighted by atomic mass is 10.3. The number of unbranched alkanes of at least 4 members (excludes halogenated alkanes) is 1. The first-order chi connectivity index (χ1) is 6.95. The van der Waals surface area contributed by atoms with Crippen molar-refractivity contribution < 1.29 is 13.2 Å². The molecule has 0 atom stereocenters. The highest BCUT2D eigenvalue weighted by molar-refractivity contribution is 7.89. The topological polar surface area (TPSA) is 101 Å². The van der Waals surface area contributed by atoms with Crippen LogP contribution in [0.5, 0.6) is 0 Å². The second kappa shape index (κ2) is 7.47. The quantitative estimate of drug-likeness (QED) is 0.533. The Hall–Kier alpha value is -0.820. The molecule has 0 aliphatic heterocycles. The summed E-state index contributed by atoms with van der Waals surface area (Å²) < 4.78 is 21.1. The highest BCUT2D eigenvalue weighted by Gasteiger charge is 2.03. The van der Waals surface area contributed by atoms with E-state index in [0.717, 1.165) is 12.8 Å². The van der Waals surface area contributed by atoms with Gasteiger partial charge in [0.15, 0.2) is 0 Å². The number of hydrogen-bond donors (Lipinski definition) is 3. The van der Waals surface area contributed by atoms with Gasteiger partial charge in [0.1, 0.15) is 0 Å². The minimum Gasteiger partial charge on any atom is -0.338 e. The van der Waals surface area contributed by atoms with Crippen molar-refractivity contribution in [3.8, 4) is 0 Å². The minimum absolute atomic E-state index is 0.109. The summed E-state index contributed by atoms with van der Waals surface area (Å²) in [6, 6.07) is -0.266. The predicted octanol–water partition coefficient (Wildman–Crippen LogP) is -0.236. The van der Waals surface area contributed by atoms with Gasteiger partial charge in [0.05, 0.1) is 5.75 Å². The summed E-state index contributed by atoms with van der Waals surface area (Å²) in [6.45, 7) is 2.98. The fourth-order valence-corrected chi connectivity index (χ4v) is 1.46. The summed E-state index contributed by atoms with van der Waals surface area (Å²) in [5.74, 6) is -0.109. The Bertz CT molecular complexity index is 277. The average molecular weight is 237 g/mol. The van der Waals surface area contributed by atoms with Crippen molar-refractivity contribution in [2.75, 3.05) is 18.8 Å². The molecular weight excluding hydrogens is 218 g/mol. The summed E-state index contributed by atoms with van der Waals surface area (Å²) in [5.41, 5.74) is 0. The van der Waals surface area contributed by atoms with Gasteiger partial charge in [-0.05, 0) is 12.8 Å². The van der Waals surface area contributed by atoms with Crippen molar-refractivity contribution in [2.45, 2.75) is 26.2 Å². The van der Waals surface area contributed by atoms with Gasteiger partial charge < -0.3 is 10.6 Å². The van der Waals surface area contributed by atoms with Crippen LogP contribution in [0.3, 0.4) is 0 Å². The van der Waals surface area contributed by atoms with Gasteiger partial charge in [-0.1, -0.05) is 13.3 Å². The van der Waals surface area contributed by atoms with E-state index in [1.54, 1.807) is 0 Å². The van der Waals surface area contributed by atoms with E-state index in [1.807, 2.05) is 6.92 Å². The first-order valence-electron chi connectivity index (χ1n) is 4.98. The Labute approximate surface area is 90.7 Å². The molecule has 6 nitrogen and oxygen atoms in total. The third-order valence-electron chi connectivity index (χ3n) is 1.71. The van der Waals surface area contributed by atoms with Crippen molar-refractivity contribution in [3.05, 3.63) is 0 Å². The van der Waals surface area contributed by atoms with E-state index in [2.05, 4.69) is 10.6 Å². The molecule has 0 radical (unpaired) electrons. The number of carbonyl (C=O) groups excluding carboxylic acids is 1. The molecular formula is C8H19N3O3S. The Morgan fingerprint density at radius 1 is 1.20 bits per heavy atom. The molecule has 0 aromatic heterocycles. The van der Waals surface area contributed by atoms with E-state index < -0.39 is 10.0 Å². The van der Waals surface area contributed by atoms with E-state index in [4.69, 9.17) is 5.14 Å². The molecule has 0 aliphatic carbocycles. The van der Waals surface area contributed by atoms with Crippen LogP contribution in [0.1, 0.15) is 26.2 Å². The molecule has 90 valence electrons. The Morgan fingerprint density at radius 2 is 1.73 bits per heavy atom. The number of hydrogen-bond acceptors (Lipinski definition) is 3. The number of nitrogens with one attached hydrogen (secondary N) is 2. The van der Waals surface area contributed by atoms with E-state index >= 15 is 0 Å². The van der Waals surface area contributed by atoms with Gasteiger partial charge >= 0.3 is 6.03 Å². The fraction of sp³-hybridized carbons (Fsp3) is 0.875. The number of amides is 2. The zero-order chi connectivity index (χ0) is 11.7. The maximum atomic E-state index is 11.0. The number of carbonyl (C=O) groups is 1. The molecule has 0 spiro atoms. The first-order valence-corrected chi connectivity index (χ1v) is 6.69. The van der Waals surface area contributed by atoms with Crippen LogP contribution in [0, 0.1) is 0 Å². The van der Waals surface area contributed by atoms with Crippen LogP contribution < -0.4 is 15.8 Å². The molecule has 0 unspecified atom stereocenters. The molecule has 0 fully saturated rings. The molecule has 0 aromatic rings. The van der Waals surface area contributed by atoms with Crippen LogP contribution in [-0.4, -0.2) is 33.3 Å². The van der Waals surface area contributed by atoms with Crippen LogP contribution in [-0.2, 0) is 10.0 Å². The molecule has 0 saturated heterocycles. The number of sulfonamides is 1. The van der Waals surface area contributed by atoms with Crippen molar-refractivity contribution in [1.82, 2.24) is 10.6 Å². The predicted molar refractivity (Wildman–Crippen MR) is 58.9 cm³/mol. The van der Waals surface area contributed by atoms with Crippen LogP contribution in [0.4, 0.5) is 4.79 Å². The highest BCUT2D eigenvalue weighted by Crippen LogP contribution is 1.84. The summed E-state index contributed by atoms with van der Waals surface area (Å²) in [6.07, 6.45) is 2.29. The van der Waals surface area contributed by atoms with Crippen molar-refractivity contribution in [3.63, 3.8) is 0 Å². The molecule has 0 aromatic carbocycles. The average Bonchev–Trinajstić information content (AvgIpc) is 2.11. The normalized spacial score (nSPS) is 11.1. The molecule has 15 heavy (non-hydrogen) atoms. The Morgan fingerprint density at radius 3 is 2.20 bits per heavy atom. The Kier molecular flexibility index (Phi) is 7.06. The zero-order valence-corrected chi connectivity index (χ0v) is 9.77. The van der Waals surface area contributed by atoms with Gasteiger partial charge in [-0.3, -0.25) is 0 Å². The highest BCUT2D eigenvalue weighted by atomic mass is 32.2. The summed E-state index contributed by atoms with van der Waals surface area (Å²) in [5, 5.41) is 9.99. The second-order valence-corrected chi connectivity index (χ2v) is 4.99. The van der Waals surface area contributed by atoms with E-state index in [0.29, 0.717) is 19.5 Å². The maximum Gasteiger partial charge on any atom is 0.314 e. The van der Waals surface area contributed by atoms with Gasteiger partial charge in [-0.15, -0.1) is 0 Å². The number of rotatable bonds is 7. The summed E-state index contributed by atoms with van der Waals surface area (Å²) in [4.78, 5) is 11.0. The van der Waals surface area contributed by atoms with Crippen molar-refractivity contribution in [1.29, 1.82) is 0 Å². The lowest BCUT2D eigenvalue weighted by Crippen LogP contribution is -2.37. The molecule has 0 aliphatic rings. The fourth-order valence-electron chi connectivity index (χ4n) is 0.916. The van der Waals surface area contributed by atoms with Gasteiger partial charge in [-0.25, -0.2) is 18.4 Å². The minimum atomic E-state index is -3.41. The molecule has 4 N–H and O–H groups in total. The monoisotopic (exact) mass is 237 g/mol. The van der Waals surface area contributed by atoms with E-state index in [-0.39, 0.29) is 11.8 Å². The maximum absolute atomic E-state index is 11.0. The van der Waals surface area contributed by atoms with Crippen molar-refractivity contribution in [2.24, 2.45) is 5.14 Å². The van der Waals surface area contributed by atoms with Crippen LogP contribution >= 0.6 is 0 Å². The smallest absolute Gasteiger partial charge is 0.314 e. The molecule has 7 heteroatoms. The van der Waals surface area contributed by atoms with E-state index in [1.165, 1.54) is 0 Å². The SMILES string of the molecule is CCCCNC(=O)NCCCS(N)(=O)=O. The van der Waals surface area contributed by atoms with Gasteiger partial charge in [-0.2, -0.15) is 0 Å². The molecule has 2 amide bonds. The second-order valence-electron chi connectivity index (χ2n) is 3.26. The Balaban J connectivity index is 3.39. The van der Waals surface area contributed by atoms with Crippen LogP contribution in [0.2, 0.25) is 0 Å². The number of urea groups is 1. The molecule has 0 saturated carbocycles.